The second-order valence-electron chi connectivity index (χ2n) is 5.90. The highest BCUT2D eigenvalue weighted by Crippen LogP contribution is 2.33. The minimum Gasteiger partial charge on any atom is -0.496 e. The zero-order valence-corrected chi connectivity index (χ0v) is 16.5. The van der Waals surface area contributed by atoms with Crippen molar-refractivity contribution in [1.82, 2.24) is 5.48 Å². The molecule has 7 nitrogen and oxygen atoms in total. The molecule has 1 heterocycles. The number of rotatable bonds is 6. The second kappa shape index (κ2) is 8.77. The van der Waals surface area contributed by atoms with Crippen molar-refractivity contribution in [3.05, 3.63) is 58.3 Å². The number of fused-ring (bicyclic) bond motifs is 1. The lowest BCUT2D eigenvalue weighted by molar-refractivity contribution is 0.0534. The first kappa shape index (κ1) is 19.7. The normalized spacial score (nSPS) is 12.5. The number of hydrogen-bond donors (Lipinski definition) is 2. The topological polar surface area (TPSA) is 81.2 Å². The number of ether oxygens (including phenoxy) is 2. The van der Waals surface area contributed by atoms with Gasteiger partial charge in [-0.05, 0) is 29.8 Å². The van der Waals surface area contributed by atoms with E-state index in [4.69, 9.17) is 25.9 Å². The molecule has 0 bridgehead atoms. The molecule has 0 aromatic heterocycles. The third kappa shape index (κ3) is 4.27. The summed E-state index contributed by atoms with van der Waals surface area (Å²) in [5.74, 6) is 1.28. The molecule has 2 aromatic rings. The molecule has 8 heteroatoms. The van der Waals surface area contributed by atoms with Gasteiger partial charge in [-0.1, -0.05) is 11.6 Å². The zero-order chi connectivity index (χ0) is 20.1. The first-order valence-corrected chi connectivity index (χ1v) is 8.86. The molecule has 2 N–H and O–H groups in total. The summed E-state index contributed by atoms with van der Waals surface area (Å²) >= 11 is 6.22. The summed E-state index contributed by atoms with van der Waals surface area (Å²) in [4.78, 5) is 21.4. The number of anilines is 1. The van der Waals surface area contributed by atoms with Crippen molar-refractivity contribution in [3.8, 4) is 11.5 Å². The molecule has 1 aliphatic rings. The van der Waals surface area contributed by atoms with Crippen molar-refractivity contribution in [1.29, 1.82) is 0 Å². The van der Waals surface area contributed by atoms with E-state index in [1.807, 2.05) is 12.1 Å². The summed E-state index contributed by atoms with van der Waals surface area (Å²) in [6.45, 7) is 0. The number of hydrogen-bond acceptors (Lipinski definition) is 6. The van der Waals surface area contributed by atoms with E-state index in [0.717, 1.165) is 11.3 Å². The smallest absolute Gasteiger partial charge is 0.278 e. The Balaban J connectivity index is 1.88. The van der Waals surface area contributed by atoms with E-state index >= 15 is 0 Å². The second-order valence-corrected chi connectivity index (χ2v) is 6.31. The zero-order valence-electron chi connectivity index (χ0n) is 15.7. The Morgan fingerprint density at radius 3 is 2.71 bits per heavy atom. The summed E-state index contributed by atoms with van der Waals surface area (Å²) in [7, 11) is 4.67. The first-order chi connectivity index (χ1) is 13.5. The molecule has 28 heavy (non-hydrogen) atoms. The highest BCUT2D eigenvalue weighted by molar-refractivity contribution is 6.33. The molecule has 1 aliphatic heterocycles. The number of nitrogens with zero attached hydrogens (tertiary/aromatic N) is 1. The Morgan fingerprint density at radius 2 is 2.04 bits per heavy atom. The number of amides is 1. The van der Waals surface area contributed by atoms with E-state index in [1.54, 1.807) is 37.5 Å². The SMILES string of the molecule is CNc1ccc(OC2=CC=Nc3cc(OC)c(C(=O)NOC)cc3C2)cc1Cl. The van der Waals surface area contributed by atoms with Gasteiger partial charge in [-0.15, -0.1) is 0 Å². The van der Waals surface area contributed by atoms with E-state index in [9.17, 15) is 4.79 Å². The third-order valence-corrected chi connectivity index (χ3v) is 4.45. The average molecular weight is 402 g/mol. The molecule has 0 radical (unpaired) electrons. The van der Waals surface area contributed by atoms with Crippen LogP contribution >= 0.6 is 11.6 Å². The molecular formula is C20H20ClN3O4. The van der Waals surface area contributed by atoms with Gasteiger partial charge in [0.25, 0.3) is 5.91 Å². The standard InChI is InChI=1S/C20H20ClN3O4/c1-22-17-5-4-13(10-16(17)21)28-14-6-7-23-18-11-19(26-2)15(9-12(18)8-14)20(25)24-27-3/h4-7,9-11,22H,8H2,1-3H3,(H,24,25). The predicted octanol–water partition coefficient (Wildman–Crippen LogP) is 3.90. The lowest BCUT2D eigenvalue weighted by atomic mass is 10.0. The number of nitrogens with one attached hydrogen (secondary N) is 2. The molecule has 0 spiro atoms. The Morgan fingerprint density at radius 1 is 1.21 bits per heavy atom. The Hall–Kier alpha value is -3.03. The fraction of sp³-hybridized carbons (Fsp3) is 0.200. The summed E-state index contributed by atoms with van der Waals surface area (Å²) in [5, 5.41) is 3.57. The number of methoxy groups -OCH3 is 1. The van der Waals surface area contributed by atoms with E-state index in [-0.39, 0.29) is 0 Å². The van der Waals surface area contributed by atoms with Crippen LogP contribution in [-0.2, 0) is 11.3 Å². The minimum absolute atomic E-state index is 0.348. The van der Waals surface area contributed by atoms with Gasteiger partial charge >= 0.3 is 0 Å². The van der Waals surface area contributed by atoms with Gasteiger partial charge in [0, 0.05) is 31.8 Å². The molecule has 3 rings (SSSR count). The molecule has 0 saturated heterocycles. The van der Waals surface area contributed by atoms with E-state index < -0.39 is 5.91 Å². The van der Waals surface area contributed by atoms with Crippen LogP contribution in [0.2, 0.25) is 5.02 Å². The summed E-state index contributed by atoms with van der Waals surface area (Å²) < 4.78 is 11.3. The average Bonchev–Trinajstić information content (AvgIpc) is 2.88. The Labute approximate surface area is 167 Å². The third-order valence-electron chi connectivity index (χ3n) is 4.14. The largest absolute Gasteiger partial charge is 0.496 e. The van der Waals surface area contributed by atoms with Crippen molar-refractivity contribution in [2.75, 3.05) is 26.6 Å². The highest BCUT2D eigenvalue weighted by Gasteiger charge is 2.19. The van der Waals surface area contributed by atoms with E-state index in [0.29, 0.717) is 40.0 Å². The van der Waals surface area contributed by atoms with Crippen LogP contribution < -0.4 is 20.3 Å². The summed E-state index contributed by atoms with van der Waals surface area (Å²) in [6, 6.07) is 8.84. The van der Waals surface area contributed by atoms with Crippen molar-refractivity contribution in [3.63, 3.8) is 0 Å². The van der Waals surface area contributed by atoms with Crippen LogP contribution in [0.15, 0.2) is 47.2 Å². The number of allylic oxidation sites excluding steroid dienone is 2. The number of benzene rings is 2. The van der Waals surface area contributed by atoms with Crippen molar-refractivity contribution < 1.29 is 19.1 Å². The fourth-order valence-corrected chi connectivity index (χ4v) is 3.07. The quantitative estimate of drug-likeness (QED) is 0.717. The monoisotopic (exact) mass is 401 g/mol. The molecule has 0 unspecified atom stereocenters. The Bertz CT molecular complexity index is 957. The lowest BCUT2D eigenvalue weighted by Gasteiger charge is -2.14. The maximum absolute atomic E-state index is 12.2. The van der Waals surface area contributed by atoms with Gasteiger partial charge in [0.15, 0.2) is 0 Å². The molecular weight excluding hydrogens is 382 g/mol. The van der Waals surface area contributed by atoms with Crippen LogP contribution in [0.3, 0.4) is 0 Å². The fourth-order valence-electron chi connectivity index (χ4n) is 2.80. The molecule has 0 aliphatic carbocycles. The van der Waals surface area contributed by atoms with Crippen LogP contribution in [0.25, 0.3) is 0 Å². The number of carbonyl (C=O) groups is 1. The van der Waals surface area contributed by atoms with Crippen LogP contribution in [0, 0.1) is 0 Å². The number of halogens is 1. The molecule has 1 amide bonds. The molecule has 0 fully saturated rings. The molecule has 0 atom stereocenters. The number of hydroxylamine groups is 1. The predicted molar refractivity (Wildman–Crippen MR) is 109 cm³/mol. The van der Waals surface area contributed by atoms with Gasteiger partial charge in [-0.2, -0.15) is 0 Å². The summed E-state index contributed by atoms with van der Waals surface area (Å²) in [6.07, 6.45) is 3.87. The van der Waals surface area contributed by atoms with Crippen LogP contribution in [-0.4, -0.2) is 33.4 Å². The minimum atomic E-state index is -0.406. The molecule has 146 valence electrons. The van der Waals surface area contributed by atoms with Gasteiger partial charge < -0.3 is 14.8 Å². The van der Waals surface area contributed by atoms with Crippen molar-refractivity contribution in [2.45, 2.75) is 6.42 Å². The van der Waals surface area contributed by atoms with E-state index in [1.165, 1.54) is 14.2 Å². The number of carbonyl (C=O) groups excluding carboxylic acids is 1. The Kier molecular flexibility index (Phi) is 6.18. The maximum atomic E-state index is 12.2. The first-order valence-electron chi connectivity index (χ1n) is 8.48. The van der Waals surface area contributed by atoms with Crippen LogP contribution in [0.1, 0.15) is 15.9 Å². The van der Waals surface area contributed by atoms with Gasteiger partial charge in [0.1, 0.15) is 17.3 Å². The summed E-state index contributed by atoms with van der Waals surface area (Å²) in [5.41, 5.74) is 4.99. The molecule has 0 saturated carbocycles. The van der Waals surface area contributed by atoms with Gasteiger partial charge in [0.2, 0.25) is 0 Å². The maximum Gasteiger partial charge on any atom is 0.278 e. The van der Waals surface area contributed by atoms with Gasteiger partial charge in [-0.25, -0.2) is 5.48 Å². The molecule has 2 aromatic carbocycles. The van der Waals surface area contributed by atoms with Crippen molar-refractivity contribution in [2.24, 2.45) is 4.99 Å². The van der Waals surface area contributed by atoms with E-state index in [2.05, 4.69) is 15.8 Å². The lowest BCUT2D eigenvalue weighted by Crippen LogP contribution is -2.22. The highest BCUT2D eigenvalue weighted by atomic mass is 35.5. The van der Waals surface area contributed by atoms with Crippen LogP contribution in [0.5, 0.6) is 11.5 Å². The van der Waals surface area contributed by atoms with Crippen LogP contribution in [0.4, 0.5) is 11.4 Å². The van der Waals surface area contributed by atoms with Gasteiger partial charge in [-0.3, -0.25) is 14.6 Å². The number of aliphatic imine (C=N–C) groups is 1. The van der Waals surface area contributed by atoms with Gasteiger partial charge in [0.05, 0.1) is 36.2 Å². The van der Waals surface area contributed by atoms with Crippen molar-refractivity contribution >= 4 is 35.1 Å².